The van der Waals surface area contributed by atoms with E-state index in [9.17, 15) is 5.11 Å². The van der Waals surface area contributed by atoms with Crippen LogP contribution in [0.3, 0.4) is 0 Å². The molecule has 1 aromatic heterocycles. The maximum absolute atomic E-state index is 9.58. The van der Waals surface area contributed by atoms with E-state index < -0.39 is 0 Å². The van der Waals surface area contributed by atoms with Crippen LogP contribution in [-0.2, 0) is 19.6 Å². The zero-order chi connectivity index (χ0) is 15.8. The molecule has 1 N–H and O–H groups in total. The van der Waals surface area contributed by atoms with Gasteiger partial charge in [-0.1, -0.05) is 29.8 Å². The molecule has 23 heavy (non-hydrogen) atoms. The lowest BCUT2D eigenvalue weighted by atomic mass is 9.90. The van der Waals surface area contributed by atoms with Gasteiger partial charge in [-0.2, -0.15) is 0 Å². The van der Waals surface area contributed by atoms with Gasteiger partial charge in [0.25, 0.3) is 0 Å². The van der Waals surface area contributed by atoms with Crippen LogP contribution in [-0.4, -0.2) is 44.9 Å². The molecule has 2 aliphatic heterocycles. The minimum absolute atomic E-state index is 0.0608. The second-order valence-electron chi connectivity index (χ2n) is 6.44. The van der Waals surface area contributed by atoms with Crippen molar-refractivity contribution in [1.82, 2.24) is 19.7 Å². The molecule has 0 aliphatic carbocycles. The van der Waals surface area contributed by atoms with Gasteiger partial charge in [0.05, 0.1) is 0 Å². The van der Waals surface area contributed by atoms with E-state index in [1.54, 1.807) is 0 Å². The number of hydrogen-bond acceptors (Lipinski definition) is 4. The molecule has 5 heteroatoms. The van der Waals surface area contributed by atoms with Crippen molar-refractivity contribution in [3.05, 3.63) is 52.6 Å². The fourth-order valence-electron chi connectivity index (χ4n) is 3.69. The van der Waals surface area contributed by atoms with Crippen LogP contribution in [0.1, 0.15) is 35.6 Å². The van der Waals surface area contributed by atoms with Crippen LogP contribution in [0.2, 0.25) is 0 Å². The number of rotatable bonds is 1. The second-order valence-corrected chi connectivity index (χ2v) is 6.44. The summed E-state index contributed by atoms with van der Waals surface area (Å²) in [6, 6.07) is 8.63. The van der Waals surface area contributed by atoms with E-state index in [4.69, 9.17) is 0 Å². The van der Waals surface area contributed by atoms with E-state index in [1.807, 2.05) is 0 Å². The number of benzene rings is 1. The van der Waals surface area contributed by atoms with E-state index in [-0.39, 0.29) is 6.61 Å². The van der Waals surface area contributed by atoms with Gasteiger partial charge in [0, 0.05) is 25.2 Å². The second kappa shape index (κ2) is 5.91. The Morgan fingerprint density at radius 1 is 1.04 bits per heavy atom. The molecule has 3 heterocycles. The van der Waals surface area contributed by atoms with Crippen LogP contribution in [0, 0.1) is 0 Å². The molecule has 2 aliphatic rings. The molecule has 0 spiro atoms. The number of aromatic nitrogens is 3. The van der Waals surface area contributed by atoms with Gasteiger partial charge < -0.3 is 14.6 Å². The smallest absolute Gasteiger partial charge is 0.164 e. The highest BCUT2D eigenvalue weighted by molar-refractivity contribution is 5.81. The van der Waals surface area contributed by atoms with Crippen molar-refractivity contribution >= 4 is 5.57 Å². The monoisotopic (exact) mass is 310 g/mol. The van der Waals surface area contributed by atoms with Crippen molar-refractivity contribution in [3.8, 4) is 0 Å². The summed E-state index contributed by atoms with van der Waals surface area (Å²) in [6.45, 7) is 2.94. The predicted octanol–water partition coefficient (Wildman–Crippen LogP) is 1.85. The van der Waals surface area contributed by atoms with Crippen LogP contribution in [0.25, 0.3) is 5.57 Å². The summed E-state index contributed by atoms with van der Waals surface area (Å²) in [6.07, 6.45) is 3.09. The Balaban J connectivity index is 1.92. The number of aliphatic hydroxyl groups is 1. The molecule has 5 nitrogen and oxygen atoms in total. The molecule has 0 bridgehead atoms. The van der Waals surface area contributed by atoms with E-state index in [2.05, 4.69) is 51.0 Å². The summed E-state index contributed by atoms with van der Waals surface area (Å²) in [5, 5.41) is 18.2. The quantitative estimate of drug-likeness (QED) is 0.873. The summed E-state index contributed by atoms with van der Waals surface area (Å²) in [7, 11) is 2.18. The largest absolute Gasteiger partial charge is 0.388 e. The van der Waals surface area contributed by atoms with E-state index >= 15 is 0 Å². The van der Waals surface area contributed by atoms with Gasteiger partial charge in [-0.25, -0.2) is 0 Å². The molecule has 2 aromatic rings. The van der Waals surface area contributed by atoms with Gasteiger partial charge in [0.1, 0.15) is 6.61 Å². The van der Waals surface area contributed by atoms with Crippen molar-refractivity contribution in [3.63, 3.8) is 0 Å². The van der Waals surface area contributed by atoms with Crippen LogP contribution in [0.4, 0.5) is 0 Å². The van der Waals surface area contributed by atoms with Crippen molar-refractivity contribution in [2.24, 2.45) is 0 Å². The standard InChI is InChI=1S/C18H22N4O/c1-21-9-6-14(7-10-21)17-15-5-3-2-4-13(15)8-11-22-16(12-23)19-20-18(17)22/h2-5,23H,6-12H2,1H3. The highest BCUT2D eigenvalue weighted by atomic mass is 16.3. The number of nitrogens with zero attached hydrogens (tertiary/aromatic N) is 4. The van der Waals surface area contributed by atoms with Gasteiger partial charge >= 0.3 is 0 Å². The SMILES string of the molecule is CN1CCC(=C2c3ccccc3CCn3c(CO)nnc32)CC1. The summed E-state index contributed by atoms with van der Waals surface area (Å²) in [5.74, 6) is 1.59. The van der Waals surface area contributed by atoms with Crippen LogP contribution in [0.5, 0.6) is 0 Å². The maximum Gasteiger partial charge on any atom is 0.164 e. The Morgan fingerprint density at radius 2 is 1.83 bits per heavy atom. The van der Waals surface area contributed by atoms with Gasteiger partial charge in [-0.05, 0) is 37.4 Å². The molecule has 1 aromatic carbocycles. The van der Waals surface area contributed by atoms with Crippen LogP contribution >= 0.6 is 0 Å². The van der Waals surface area contributed by atoms with E-state index in [0.29, 0.717) is 5.82 Å². The molecule has 0 atom stereocenters. The molecule has 0 radical (unpaired) electrons. The number of piperidine rings is 1. The number of fused-ring (bicyclic) bond motifs is 2. The molecular formula is C18H22N4O. The molecule has 120 valence electrons. The first-order valence-electron chi connectivity index (χ1n) is 8.30. The van der Waals surface area contributed by atoms with Crippen molar-refractivity contribution in [1.29, 1.82) is 0 Å². The van der Waals surface area contributed by atoms with Crippen molar-refractivity contribution in [2.75, 3.05) is 20.1 Å². The third-order valence-electron chi connectivity index (χ3n) is 5.03. The predicted molar refractivity (Wildman–Crippen MR) is 88.8 cm³/mol. The first-order valence-corrected chi connectivity index (χ1v) is 8.30. The fraction of sp³-hybridized carbons (Fsp3) is 0.444. The minimum atomic E-state index is -0.0608. The lowest BCUT2D eigenvalue weighted by Crippen LogP contribution is -2.27. The molecule has 1 saturated heterocycles. The summed E-state index contributed by atoms with van der Waals surface area (Å²) >= 11 is 0. The zero-order valence-electron chi connectivity index (χ0n) is 13.5. The molecule has 4 rings (SSSR count). The Labute approximate surface area is 136 Å². The third kappa shape index (κ3) is 2.50. The highest BCUT2D eigenvalue weighted by Gasteiger charge is 2.26. The minimum Gasteiger partial charge on any atom is -0.388 e. The molecule has 0 saturated carbocycles. The molecule has 1 fully saturated rings. The van der Waals surface area contributed by atoms with Gasteiger partial charge in [-0.3, -0.25) is 0 Å². The Morgan fingerprint density at radius 3 is 2.61 bits per heavy atom. The Kier molecular flexibility index (Phi) is 3.75. The number of hydrogen-bond donors (Lipinski definition) is 1. The lowest BCUT2D eigenvalue weighted by Gasteiger charge is -2.26. The third-order valence-corrected chi connectivity index (χ3v) is 5.03. The molecule has 0 unspecified atom stereocenters. The first kappa shape index (κ1) is 14.6. The van der Waals surface area contributed by atoms with E-state index in [1.165, 1.54) is 22.3 Å². The Hall–Kier alpha value is -1.98. The fourth-order valence-corrected chi connectivity index (χ4v) is 3.69. The van der Waals surface area contributed by atoms with Gasteiger partial charge in [0.2, 0.25) is 0 Å². The normalized spacial score (nSPS) is 18.5. The summed E-state index contributed by atoms with van der Waals surface area (Å²) in [5.41, 5.74) is 5.38. The van der Waals surface area contributed by atoms with Gasteiger partial charge in [0.15, 0.2) is 11.6 Å². The number of aliphatic hydroxyl groups excluding tert-OH is 1. The van der Waals surface area contributed by atoms with Crippen molar-refractivity contribution in [2.45, 2.75) is 32.4 Å². The summed E-state index contributed by atoms with van der Waals surface area (Å²) in [4.78, 5) is 2.37. The number of likely N-dealkylation sites (tertiary alicyclic amines) is 1. The molecular weight excluding hydrogens is 288 g/mol. The topological polar surface area (TPSA) is 54.2 Å². The van der Waals surface area contributed by atoms with Crippen LogP contribution < -0.4 is 0 Å². The first-order chi connectivity index (χ1) is 11.3. The van der Waals surface area contributed by atoms with E-state index in [0.717, 1.165) is 44.7 Å². The van der Waals surface area contributed by atoms with Crippen LogP contribution in [0.15, 0.2) is 29.8 Å². The highest BCUT2D eigenvalue weighted by Crippen LogP contribution is 2.35. The lowest BCUT2D eigenvalue weighted by molar-refractivity contribution is 0.264. The maximum atomic E-state index is 9.58. The molecule has 0 amide bonds. The van der Waals surface area contributed by atoms with Crippen molar-refractivity contribution < 1.29 is 5.11 Å². The summed E-state index contributed by atoms with van der Waals surface area (Å²) < 4.78 is 2.10. The average Bonchev–Trinajstić information content (AvgIpc) is 2.91. The zero-order valence-corrected chi connectivity index (χ0v) is 13.5. The Bertz CT molecular complexity index is 752. The van der Waals surface area contributed by atoms with Gasteiger partial charge in [-0.15, -0.1) is 10.2 Å². The number of aryl methyl sites for hydroxylation is 1. The average molecular weight is 310 g/mol.